The number of carbonyl (C=O) groups is 3. The van der Waals surface area contributed by atoms with E-state index < -0.39 is 0 Å². The standard InChI is InChI=1S/C40H45N3O5/c1-7-9-15-29(8-2)24-42-38-20-19-30(37(41-48-25-44)21-27(4)43(47-6)28(5)45)22-34(38)35-23-36(32-17-12-13-18-33(32)39(35)42)40(46)31-16-11-10-14-26(31)3/h10-14,16-20,22-23,25,27,29H,7-9,15,21,24H2,1-6H3/b41-37-. The number of amides is 1. The van der Waals surface area contributed by atoms with Crippen molar-refractivity contribution < 1.29 is 24.1 Å². The van der Waals surface area contributed by atoms with Crippen LogP contribution in [0.15, 0.2) is 78.0 Å². The molecule has 8 nitrogen and oxygen atoms in total. The minimum atomic E-state index is -0.385. The Morgan fingerprint density at radius 1 is 0.938 bits per heavy atom. The molecule has 1 heterocycles. The van der Waals surface area contributed by atoms with Gasteiger partial charge in [-0.25, -0.2) is 5.06 Å². The Kier molecular flexibility index (Phi) is 11.1. The lowest BCUT2D eigenvalue weighted by atomic mass is 9.92. The molecule has 5 rings (SSSR count). The quantitative estimate of drug-likeness (QED) is 0.0373. The van der Waals surface area contributed by atoms with Gasteiger partial charge in [-0.05, 0) is 55.3 Å². The van der Waals surface area contributed by atoms with Crippen LogP contribution in [0.2, 0.25) is 0 Å². The smallest absolute Gasteiger partial charge is 0.323 e. The summed E-state index contributed by atoms with van der Waals surface area (Å²) in [6, 6.07) is 23.7. The van der Waals surface area contributed by atoms with Gasteiger partial charge in [0.1, 0.15) is 0 Å². The molecule has 250 valence electrons. The van der Waals surface area contributed by atoms with Crippen LogP contribution in [0.3, 0.4) is 0 Å². The summed E-state index contributed by atoms with van der Waals surface area (Å²) in [5.41, 5.74) is 5.64. The molecule has 0 spiro atoms. The molecule has 0 radical (unpaired) electrons. The maximum atomic E-state index is 14.3. The van der Waals surface area contributed by atoms with E-state index >= 15 is 0 Å². The van der Waals surface area contributed by atoms with Crippen molar-refractivity contribution in [2.45, 2.75) is 79.3 Å². The molecule has 0 N–H and O–H groups in total. The number of benzene rings is 4. The molecule has 0 saturated heterocycles. The number of oxime groups is 1. The van der Waals surface area contributed by atoms with Gasteiger partial charge in [-0.2, -0.15) is 0 Å². The summed E-state index contributed by atoms with van der Waals surface area (Å²) in [6.07, 6.45) is 4.79. The van der Waals surface area contributed by atoms with E-state index in [0.29, 0.717) is 22.8 Å². The number of unbranched alkanes of at least 4 members (excludes halogenated alkanes) is 1. The summed E-state index contributed by atoms with van der Waals surface area (Å²) < 4.78 is 2.42. The minimum Gasteiger partial charge on any atom is -0.340 e. The van der Waals surface area contributed by atoms with E-state index in [0.717, 1.165) is 69.5 Å². The highest BCUT2D eigenvalue weighted by atomic mass is 16.7. The Bertz CT molecular complexity index is 1990. The molecule has 1 amide bonds. The zero-order valence-corrected chi connectivity index (χ0v) is 28.8. The number of aromatic nitrogens is 1. The fourth-order valence-corrected chi connectivity index (χ4v) is 6.94. The van der Waals surface area contributed by atoms with E-state index in [1.807, 2.05) is 68.4 Å². The summed E-state index contributed by atoms with van der Waals surface area (Å²) in [5, 5.41) is 9.32. The van der Waals surface area contributed by atoms with Gasteiger partial charge in [0.15, 0.2) is 5.78 Å². The molecule has 0 bridgehead atoms. The van der Waals surface area contributed by atoms with Crippen LogP contribution in [0.5, 0.6) is 0 Å². The van der Waals surface area contributed by atoms with Gasteiger partial charge >= 0.3 is 6.47 Å². The number of rotatable bonds is 15. The zero-order valence-electron chi connectivity index (χ0n) is 28.8. The summed E-state index contributed by atoms with van der Waals surface area (Å²) in [5.74, 6) is 0.225. The second kappa shape index (κ2) is 15.4. The highest BCUT2D eigenvalue weighted by Gasteiger charge is 2.24. The molecule has 0 aliphatic carbocycles. The monoisotopic (exact) mass is 647 g/mol. The number of ketones is 1. The molecule has 4 aromatic carbocycles. The highest BCUT2D eigenvalue weighted by molar-refractivity contribution is 6.26. The van der Waals surface area contributed by atoms with Gasteiger partial charge in [-0.1, -0.05) is 92.9 Å². The highest BCUT2D eigenvalue weighted by Crippen LogP contribution is 2.39. The first kappa shape index (κ1) is 34.5. The molecular weight excluding hydrogens is 602 g/mol. The van der Waals surface area contributed by atoms with Gasteiger partial charge in [-0.15, -0.1) is 0 Å². The van der Waals surface area contributed by atoms with Crippen molar-refractivity contribution in [3.63, 3.8) is 0 Å². The molecule has 1 aromatic heterocycles. The third kappa shape index (κ3) is 6.90. The largest absolute Gasteiger partial charge is 0.340 e. The second-order valence-electron chi connectivity index (χ2n) is 12.6. The van der Waals surface area contributed by atoms with E-state index in [1.54, 1.807) is 0 Å². The molecule has 8 heteroatoms. The lowest BCUT2D eigenvalue weighted by molar-refractivity contribution is -0.183. The first-order valence-electron chi connectivity index (χ1n) is 16.8. The number of hydrogen-bond donors (Lipinski definition) is 0. The van der Waals surface area contributed by atoms with Crippen LogP contribution in [0, 0.1) is 12.8 Å². The van der Waals surface area contributed by atoms with E-state index in [-0.39, 0.29) is 30.6 Å². The van der Waals surface area contributed by atoms with E-state index in [4.69, 9.17) is 9.68 Å². The van der Waals surface area contributed by atoms with Gasteiger partial charge in [0, 0.05) is 58.3 Å². The second-order valence-corrected chi connectivity index (χ2v) is 12.6. The van der Waals surface area contributed by atoms with Crippen LogP contribution in [0.25, 0.3) is 32.6 Å². The average molecular weight is 648 g/mol. The molecule has 0 fully saturated rings. The third-order valence-corrected chi connectivity index (χ3v) is 9.42. The molecule has 48 heavy (non-hydrogen) atoms. The van der Waals surface area contributed by atoms with Crippen LogP contribution in [0.4, 0.5) is 0 Å². The zero-order chi connectivity index (χ0) is 34.4. The van der Waals surface area contributed by atoms with Crippen molar-refractivity contribution in [3.05, 3.63) is 95.1 Å². The summed E-state index contributed by atoms with van der Waals surface area (Å²) in [6.45, 7) is 10.9. The maximum absolute atomic E-state index is 14.3. The molecular formula is C40H45N3O5. The Morgan fingerprint density at radius 3 is 2.33 bits per heavy atom. The first-order chi connectivity index (χ1) is 23.2. The van der Waals surface area contributed by atoms with E-state index in [1.165, 1.54) is 25.5 Å². The number of fused-ring (bicyclic) bond motifs is 5. The Balaban J connectivity index is 1.79. The van der Waals surface area contributed by atoms with Gasteiger partial charge in [0.2, 0.25) is 5.91 Å². The third-order valence-electron chi connectivity index (χ3n) is 9.42. The number of carbonyl (C=O) groups excluding carboxylic acids is 3. The molecule has 0 saturated carbocycles. The normalized spacial score (nSPS) is 13.2. The average Bonchev–Trinajstić information content (AvgIpc) is 3.40. The van der Waals surface area contributed by atoms with Gasteiger partial charge in [-0.3, -0.25) is 19.2 Å². The van der Waals surface area contributed by atoms with Crippen molar-refractivity contribution in [1.29, 1.82) is 0 Å². The van der Waals surface area contributed by atoms with Crippen molar-refractivity contribution in [3.8, 4) is 0 Å². The van der Waals surface area contributed by atoms with Crippen LogP contribution >= 0.6 is 0 Å². The summed E-state index contributed by atoms with van der Waals surface area (Å²) >= 11 is 0. The minimum absolute atomic E-state index is 0.0167. The molecule has 2 atom stereocenters. The van der Waals surface area contributed by atoms with Crippen LogP contribution in [-0.4, -0.2) is 46.7 Å². The number of aryl methyl sites for hydroxylation is 1. The number of hydroxylamine groups is 2. The van der Waals surface area contributed by atoms with Crippen LogP contribution in [0.1, 0.15) is 86.8 Å². The SMILES string of the molecule is CCCCC(CC)Cn1c2ccc(/C(CC(C)N(OC)C(C)=O)=N\OC=O)cc2c2cc(C(=O)c3ccccc3C)c3ccccc3c21. The Hall–Kier alpha value is -4.82. The molecule has 2 unspecified atom stereocenters. The lowest BCUT2D eigenvalue weighted by Crippen LogP contribution is -2.37. The van der Waals surface area contributed by atoms with Crippen LogP contribution < -0.4 is 0 Å². The number of nitrogens with zero attached hydrogens (tertiary/aromatic N) is 3. The fraction of sp³-hybridized carbons (Fsp3) is 0.350. The molecule has 0 aliphatic heterocycles. The molecule has 5 aromatic rings. The predicted molar refractivity (Wildman–Crippen MR) is 192 cm³/mol. The Labute approximate surface area is 282 Å². The summed E-state index contributed by atoms with van der Waals surface area (Å²) in [7, 11) is 1.45. The van der Waals surface area contributed by atoms with E-state index in [9.17, 15) is 14.4 Å². The number of hydrogen-bond acceptors (Lipinski definition) is 6. The lowest BCUT2D eigenvalue weighted by Gasteiger charge is -2.25. The van der Waals surface area contributed by atoms with Crippen molar-refractivity contribution >= 4 is 56.5 Å². The predicted octanol–water partition coefficient (Wildman–Crippen LogP) is 8.77. The fourth-order valence-electron chi connectivity index (χ4n) is 6.94. The van der Waals surface area contributed by atoms with Crippen molar-refractivity contribution in [2.75, 3.05) is 7.11 Å². The van der Waals surface area contributed by atoms with Gasteiger partial charge in [0.25, 0.3) is 0 Å². The van der Waals surface area contributed by atoms with Crippen molar-refractivity contribution in [2.24, 2.45) is 11.1 Å². The topological polar surface area (TPSA) is 90.2 Å². The Morgan fingerprint density at radius 2 is 1.67 bits per heavy atom. The summed E-state index contributed by atoms with van der Waals surface area (Å²) in [4.78, 5) is 47.9. The van der Waals surface area contributed by atoms with Crippen molar-refractivity contribution in [1.82, 2.24) is 9.63 Å². The van der Waals surface area contributed by atoms with Gasteiger partial charge in [0.05, 0.1) is 24.4 Å². The molecule has 0 aliphatic rings. The van der Waals surface area contributed by atoms with E-state index in [2.05, 4.69) is 41.8 Å². The van der Waals surface area contributed by atoms with Gasteiger partial charge < -0.3 is 9.40 Å². The first-order valence-corrected chi connectivity index (χ1v) is 16.8. The maximum Gasteiger partial charge on any atom is 0.323 e. The van der Waals surface area contributed by atoms with Crippen LogP contribution in [-0.2, 0) is 25.8 Å².